The van der Waals surface area contributed by atoms with E-state index in [1.165, 1.54) is 6.07 Å². The Morgan fingerprint density at radius 3 is 2.67 bits per heavy atom. The molecule has 3 nitrogen and oxygen atoms in total. The number of nitrogens with zero attached hydrogens (tertiary/aromatic N) is 1. The highest BCUT2D eigenvalue weighted by Crippen LogP contribution is 2.23. The van der Waals surface area contributed by atoms with E-state index in [0.29, 0.717) is 24.8 Å². The van der Waals surface area contributed by atoms with Gasteiger partial charge in [-0.2, -0.15) is 0 Å². The lowest BCUT2D eigenvalue weighted by Crippen LogP contribution is -2.19. The van der Waals surface area contributed by atoms with Crippen molar-refractivity contribution >= 4 is 0 Å². The molecule has 1 heterocycles. The minimum Gasteiger partial charge on any atom is -0.485 e. The summed E-state index contributed by atoms with van der Waals surface area (Å²) in [7, 11) is 0. The first-order chi connectivity index (χ1) is 10.2. The number of hydrogen-bond donors (Lipinski definition) is 1. The average Bonchev–Trinajstić information content (AvgIpc) is 2.47. The van der Waals surface area contributed by atoms with Crippen molar-refractivity contribution in [1.82, 2.24) is 10.3 Å². The van der Waals surface area contributed by atoms with Gasteiger partial charge in [-0.1, -0.05) is 26.0 Å². The minimum absolute atomic E-state index is 0.325. The molecule has 21 heavy (non-hydrogen) atoms. The molecule has 2 rings (SSSR count). The average molecular weight is 288 g/mol. The van der Waals surface area contributed by atoms with Crippen LogP contribution in [-0.2, 0) is 13.2 Å². The molecule has 0 bridgehead atoms. The van der Waals surface area contributed by atoms with Crippen LogP contribution in [0.15, 0.2) is 42.7 Å². The van der Waals surface area contributed by atoms with E-state index < -0.39 is 0 Å². The van der Waals surface area contributed by atoms with Gasteiger partial charge in [-0.05, 0) is 36.2 Å². The van der Waals surface area contributed by atoms with E-state index in [2.05, 4.69) is 24.1 Å². The molecule has 0 aliphatic rings. The molecule has 0 atom stereocenters. The summed E-state index contributed by atoms with van der Waals surface area (Å²) >= 11 is 0. The lowest BCUT2D eigenvalue weighted by Gasteiger charge is -2.14. The summed E-state index contributed by atoms with van der Waals surface area (Å²) in [5, 5.41) is 3.31. The molecule has 1 N–H and O–H groups in total. The highest BCUT2D eigenvalue weighted by atomic mass is 19.1. The van der Waals surface area contributed by atoms with Gasteiger partial charge in [-0.3, -0.25) is 4.98 Å². The maximum atomic E-state index is 14.0. The third kappa shape index (κ3) is 4.83. The van der Waals surface area contributed by atoms with Gasteiger partial charge >= 0.3 is 0 Å². The summed E-state index contributed by atoms with van der Waals surface area (Å²) in [6, 6.07) is 8.74. The van der Waals surface area contributed by atoms with Crippen molar-refractivity contribution < 1.29 is 9.13 Å². The van der Waals surface area contributed by atoms with E-state index in [1.807, 2.05) is 18.2 Å². The molecule has 0 aliphatic carbocycles. The van der Waals surface area contributed by atoms with Gasteiger partial charge in [0.05, 0.1) is 0 Å². The second-order valence-electron chi connectivity index (χ2n) is 5.40. The normalized spacial score (nSPS) is 10.9. The first-order valence-corrected chi connectivity index (χ1v) is 7.16. The van der Waals surface area contributed by atoms with Crippen molar-refractivity contribution in [2.75, 3.05) is 6.54 Å². The van der Waals surface area contributed by atoms with E-state index in [0.717, 1.165) is 17.7 Å². The number of pyridine rings is 1. The number of aromatic nitrogens is 1. The minimum atomic E-state index is -0.326. The van der Waals surface area contributed by atoms with Gasteiger partial charge in [0, 0.05) is 24.5 Å². The monoisotopic (exact) mass is 288 g/mol. The Morgan fingerprint density at radius 1 is 1.19 bits per heavy atom. The third-order valence-corrected chi connectivity index (χ3v) is 3.05. The first-order valence-electron chi connectivity index (χ1n) is 7.16. The fraction of sp³-hybridized carbons (Fsp3) is 0.353. The van der Waals surface area contributed by atoms with E-state index in [9.17, 15) is 4.39 Å². The van der Waals surface area contributed by atoms with Crippen molar-refractivity contribution in [2.45, 2.75) is 27.0 Å². The number of hydrogen-bond acceptors (Lipinski definition) is 3. The van der Waals surface area contributed by atoms with Crippen molar-refractivity contribution in [3.8, 4) is 5.75 Å². The Balaban J connectivity index is 2.03. The summed E-state index contributed by atoms with van der Waals surface area (Å²) in [4.78, 5) is 3.95. The van der Waals surface area contributed by atoms with Crippen LogP contribution in [-0.4, -0.2) is 11.5 Å². The van der Waals surface area contributed by atoms with Crippen LogP contribution >= 0.6 is 0 Å². The van der Waals surface area contributed by atoms with Crippen LogP contribution in [0.4, 0.5) is 4.39 Å². The van der Waals surface area contributed by atoms with E-state index in [1.54, 1.807) is 18.5 Å². The van der Waals surface area contributed by atoms with Crippen molar-refractivity contribution in [1.29, 1.82) is 0 Å². The Labute approximate surface area is 125 Å². The smallest absolute Gasteiger partial charge is 0.165 e. The predicted molar refractivity (Wildman–Crippen MR) is 81.5 cm³/mol. The summed E-state index contributed by atoms with van der Waals surface area (Å²) in [6.45, 7) is 6.10. The molecule has 0 spiro atoms. The van der Waals surface area contributed by atoms with Gasteiger partial charge in [0.1, 0.15) is 6.61 Å². The number of halogens is 1. The zero-order valence-electron chi connectivity index (χ0n) is 12.5. The molecular formula is C17H21FN2O. The summed E-state index contributed by atoms with van der Waals surface area (Å²) in [5.41, 5.74) is 1.80. The lowest BCUT2D eigenvalue weighted by atomic mass is 10.1. The van der Waals surface area contributed by atoms with Gasteiger partial charge < -0.3 is 10.1 Å². The predicted octanol–water partition coefficient (Wildman–Crippen LogP) is 3.55. The summed E-state index contributed by atoms with van der Waals surface area (Å²) < 4.78 is 19.6. The molecule has 0 saturated heterocycles. The molecule has 0 radical (unpaired) electrons. The number of rotatable bonds is 7. The number of para-hydroxylation sites is 1. The third-order valence-electron chi connectivity index (χ3n) is 3.05. The number of ether oxygens (including phenoxy) is 1. The highest BCUT2D eigenvalue weighted by Gasteiger charge is 2.10. The van der Waals surface area contributed by atoms with Crippen LogP contribution in [0.5, 0.6) is 5.75 Å². The van der Waals surface area contributed by atoms with Gasteiger partial charge in [0.25, 0.3) is 0 Å². The van der Waals surface area contributed by atoms with Crippen LogP contribution in [0.25, 0.3) is 0 Å². The second kappa shape index (κ2) is 7.74. The first kappa shape index (κ1) is 15.4. The fourth-order valence-electron chi connectivity index (χ4n) is 1.98. The van der Waals surface area contributed by atoms with E-state index in [-0.39, 0.29) is 5.82 Å². The largest absolute Gasteiger partial charge is 0.485 e. The van der Waals surface area contributed by atoms with Gasteiger partial charge in [0.2, 0.25) is 0 Å². The summed E-state index contributed by atoms with van der Waals surface area (Å²) in [6.07, 6.45) is 3.40. The molecule has 0 saturated carbocycles. The van der Waals surface area contributed by atoms with Crippen LogP contribution in [0, 0.1) is 11.7 Å². The molecule has 0 amide bonds. The topological polar surface area (TPSA) is 34.1 Å². The molecular weight excluding hydrogens is 267 g/mol. The van der Waals surface area contributed by atoms with Crippen LogP contribution < -0.4 is 10.1 Å². The SMILES string of the molecule is CC(C)CNCc1cccc(F)c1OCc1ccncc1. The molecule has 0 fully saturated rings. The zero-order chi connectivity index (χ0) is 15.1. The quantitative estimate of drug-likeness (QED) is 0.846. The van der Waals surface area contributed by atoms with E-state index >= 15 is 0 Å². The fourth-order valence-corrected chi connectivity index (χ4v) is 1.98. The second-order valence-corrected chi connectivity index (χ2v) is 5.40. The maximum absolute atomic E-state index is 14.0. The lowest BCUT2D eigenvalue weighted by molar-refractivity contribution is 0.286. The van der Waals surface area contributed by atoms with Crippen molar-refractivity contribution in [3.05, 3.63) is 59.7 Å². The van der Waals surface area contributed by atoms with Crippen molar-refractivity contribution in [3.63, 3.8) is 0 Å². The van der Waals surface area contributed by atoms with Gasteiger partial charge in [0.15, 0.2) is 11.6 Å². The Morgan fingerprint density at radius 2 is 1.95 bits per heavy atom. The Hall–Kier alpha value is -1.94. The molecule has 4 heteroatoms. The molecule has 1 aromatic heterocycles. The highest BCUT2D eigenvalue weighted by molar-refractivity contribution is 5.35. The van der Waals surface area contributed by atoms with Crippen LogP contribution in [0.3, 0.4) is 0 Å². The van der Waals surface area contributed by atoms with Crippen LogP contribution in [0.2, 0.25) is 0 Å². The number of nitrogens with one attached hydrogen (secondary N) is 1. The molecule has 0 unspecified atom stereocenters. The molecule has 112 valence electrons. The van der Waals surface area contributed by atoms with Gasteiger partial charge in [-0.15, -0.1) is 0 Å². The standard InChI is InChI=1S/C17H21FN2O/c1-13(2)10-20-11-15-4-3-5-16(18)17(15)21-12-14-6-8-19-9-7-14/h3-9,13,20H,10-12H2,1-2H3. The molecule has 0 aliphatic heterocycles. The van der Waals surface area contributed by atoms with Gasteiger partial charge in [-0.25, -0.2) is 4.39 Å². The molecule has 1 aromatic carbocycles. The summed E-state index contributed by atoms with van der Waals surface area (Å²) in [5.74, 6) is 0.554. The van der Waals surface area contributed by atoms with E-state index in [4.69, 9.17) is 4.74 Å². The molecule has 2 aromatic rings. The van der Waals surface area contributed by atoms with Crippen LogP contribution in [0.1, 0.15) is 25.0 Å². The Bertz CT molecular complexity index is 558. The Kier molecular flexibility index (Phi) is 5.69. The zero-order valence-corrected chi connectivity index (χ0v) is 12.5. The maximum Gasteiger partial charge on any atom is 0.165 e. The van der Waals surface area contributed by atoms with Crippen molar-refractivity contribution in [2.24, 2.45) is 5.92 Å². The number of benzene rings is 1.